The lowest BCUT2D eigenvalue weighted by molar-refractivity contribution is -0.142. The standard InChI is InChI=1S/C16H18N2O3S2/c1-3-21-15(20)8-13-9-22-16(18-13)23-10-14(19)17-12-6-4-11(2)5-7-12/h4-7,9H,3,8,10H2,1-2H3,(H,17,19). The van der Waals surface area contributed by atoms with Crippen molar-refractivity contribution in [3.63, 3.8) is 0 Å². The molecule has 0 atom stereocenters. The number of carbonyl (C=O) groups is 2. The first-order chi connectivity index (χ1) is 11.1. The highest BCUT2D eigenvalue weighted by atomic mass is 32.2. The smallest absolute Gasteiger partial charge is 0.311 e. The zero-order chi connectivity index (χ0) is 16.7. The molecule has 0 saturated carbocycles. The normalized spacial score (nSPS) is 10.3. The van der Waals surface area contributed by atoms with Crippen molar-refractivity contribution in [2.45, 2.75) is 24.6 Å². The van der Waals surface area contributed by atoms with Gasteiger partial charge in [0.1, 0.15) is 0 Å². The molecular formula is C16H18N2O3S2. The molecule has 1 amide bonds. The number of esters is 1. The average Bonchev–Trinajstić information content (AvgIpc) is 2.95. The van der Waals surface area contributed by atoms with Gasteiger partial charge in [-0.15, -0.1) is 11.3 Å². The van der Waals surface area contributed by atoms with Crippen LogP contribution >= 0.6 is 23.1 Å². The molecular weight excluding hydrogens is 332 g/mol. The first-order valence-corrected chi connectivity index (χ1v) is 9.02. The number of benzene rings is 1. The van der Waals surface area contributed by atoms with Gasteiger partial charge < -0.3 is 10.1 Å². The highest BCUT2D eigenvalue weighted by Crippen LogP contribution is 2.23. The zero-order valence-corrected chi connectivity index (χ0v) is 14.6. The van der Waals surface area contributed by atoms with Crippen LogP contribution < -0.4 is 5.32 Å². The Kier molecular flexibility index (Phi) is 6.61. The summed E-state index contributed by atoms with van der Waals surface area (Å²) >= 11 is 2.78. The van der Waals surface area contributed by atoms with Crippen LogP contribution in [0.5, 0.6) is 0 Å². The van der Waals surface area contributed by atoms with Gasteiger partial charge in [0, 0.05) is 11.1 Å². The number of hydrogen-bond acceptors (Lipinski definition) is 6. The van der Waals surface area contributed by atoms with Crippen LogP contribution in [0.15, 0.2) is 34.0 Å². The van der Waals surface area contributed by atoms with E-state index < -0.39 is 0 Å². The number of aromatic nitrogens is 1. The fraction of sp³-hybridized carbons (Fsp3) is 0.312. The monoisotopic (exact) mass is 350 g/mol. The lowest BCUT2D eigenvalue weighted by Crippen LogP contribution is -2.13. The number of thiazole rings is 1. The number of thioether (sulfide) groups is 1. The molecule has 0 aliphatic heterocycles. The second kappa shape index (κ2) is 8.69. The Balaban J connectivity index is 1.79. The summed E-state index contributed by atoms with van der Waals surface area (Å²) in [7, 11) is 0. The molecule has 23 heavy (non-hydrogen) atoms. The minimum absolute atomic E-state index is 0.0824. The van der Waals surface area contributed by atoms with Crippen molar-refractivity contribution >= 4 is 40.7 Å². The van der Waals surface area contributed by atoms with Crippen molar-refractivity contribution in [2.75, 3.05) is 17.7 Å². The van der Waals surface area contributed by atoms with Gasteiger partial charge >= 0.3 is 5.97 Å². The molecule has 0 spiro atoms. The largest absolute Gasteiger partial charge is 0.466 e. The van der Waals surface area contributed by atoms with E-state index in [0.717, 1.165) is 15.6 Å². The van der Waals surface area contributed by atoms with Crippen molar-refractivity contribution in [3.05, 3.63) is 40.9 Å². The van der Waals surface area contributed by atoms with Crippen LogP contribution in [0.25, 0.3) is 0 Å². The van der Waals surface area contributed by atoms with E-state index in [4.69, 9.17) is 4.74 Å². The summed E-state index contributed by atoms with van der Waals surface area (Å²) in [5.74, 6) is -0.0901. The quantitative estimate of drug-likeness (QED) is 0.613. The molecule has 0 fully saturated rings. The number of hydrogen-bond donors (Lipinski definition) is 1. The fourth-order valence-electron chi connectivity index (χ4n) is 1.76. The van der Waals surface area contributed by atoms with Crippen LogP contribution in [0, 0.1) is 6.92 Å². The summed E-state index contributed by atoms with van der Waals surface area (Å²) in [6.45, 7) is 4.13. The maximum Gasteiger partial charge on any atom is 0.311 e. The van der Waals surface area contributed by atoms with Crippen LogP contribution in [0.3, 0.4) is 0 Å². The summed E-state index contributed by atoms with van der Waals surface area (Å²) in [6.07, 6.45) is 0.167. The molecule has 0 unspecified atom stereocenters. The number of anilines is 1. The molecule has 0 saturated heterocycles. The second-order valence-electron chi connectivity index (χ2n) is 4.79. The lowest BCUT2D eigenvalue weighted by atomic mass is 10.2. The summed E-state index contributed by atoms with van der Waals surface area (Å²) in [6, 6.07) is 7.65. The van der Waals surface area contributed by atoms with Crippen LogP contribution in [0.4, 0.5) is 5.69 Å². The van der Waals surface area contributed by atoms with E-state index in [-0.39, 0.29) is 24.1 Å². The van der Waals surface area contributed by atoms with Gasteiger partial charge in [-0.25, -0.2) is 4.98 Å². The third kappa shape index (κ3) is 6.03. The van der Waals surface area contributed by atoms with E-state index in [0.29, 0.717) is 12.3 Å². The number of amides is 1. The first kappa shape index (κ1) is 17.5. The van der Waals surface area contributed by atoms with Gasteiger partial charge in [0.2, 0.25) is 5.91 Å². The van der Waals surface area contributed by atoms with Crippen LogP contribution in [0.1, 0.15) is 18.2 Å². The Morgan fingerprint density at radius 3 is 2.74 bits per heavy atom. The predicted molar refractivity (Wildman–Crippen MR) is 93.0 cm³/mol. The highest BCUT2D eigenvalue weighted by molar-refractivity contribution is 8.01. The SMILES string of the molecule is CCOC(=O)Cc1csc(SCC(=O)Nc2ccc(C)cc2)n1. The summed E-state index contributed by atoms with van der Waals surface area (Å²) in [5, 5.41) is 4.65. The van der Waals surface area contributed by atoms with Gasteiger partial charge in [-0.2, -0.15) is 0 Å². The van der Waals surface area contributed by atoms with E-state index in [9.17, 15) is 9.59 Å². The number of rotatable bonds is 7. The van der Waals surface area contributed by atoms with Gasteiger partial charge in [-0.1, -0.05) is 29.5 Å². The lowest BCUT2D eigenvalue weighted by Gasteiger charge is -2.04. The first-order valence-electron chi connectivity index (χ1n) is 7.16. The molecule has 2 aromatic rings. The predicted octanol–water partition coefficient (Wildman–Crippen LogP) is 3.29. The summed E-state index contributed by atoms with van der Waals surface area (Å²) < 4.78 is 5.65. The van der Waals surface area contributed by atoms with E-state index in [1.54, 1.807) is 6.92 Å². The molecule has 0 aliphatic rings. The maximum atomic E-state index is 11.9. The van der Waals surface area contributed by atoms with Crippen molar-refractivity contribution < 1.29 is 14.3 Å². The molecule has 1 aromatic heterocycles. The topological polar surface area (TPSA) is 68.3 Å². The third-order valence-electron chi connectivity index (χ3n) is 2.82. The molecule has 1 N–H and O–H groups in total. The number of carbonyl (C=O) groups excluding carboxylic acids is 2. The number of nitrogens with zero attached hydrogens (tertiary/aromatic N) is 1. The van der Waals surface area contributed by atoms with Crippen molar-refractivity contribution in [1.29, 1.82) is 0 Å². The van der Waals surface area contributed by atoms with Gasteiger partial charge in [0.15, 0.2) is 4.34 Å². The number of aryl methyl sites for hydroxylation is 1. The second-order valence-corrected chi connectivity index (χ2v) is 6.87. The van der Waals surface area contributed by atoms with Crippen molar-refractivity contribution in [2.24, 2.45) is 0 Å². The van der Waals surface area contributed by atoms with Gasteiger partial charge in [0.25, 0.3) is 0 Å². The van der Waals surface area contributed by atoms with Gasteiger partial charge in [-0.3, -0.25) is 9.59 Å². The van der Waals surface area contributed by atoms with Crippen LogP contribution in [-0.4, -0.2) is 29.2 Å². The molecule has 0 aliphatic carbocycles. The average molecular weight is 350 g/mol. The molecule has 5 nitrogen and oxygen atoms in total. The number of nitrogens with one attached hydrogen (secondary N) is 1. The zero-order valence-electron chi connectivity index (χ0n) is 13.0. The van der Waals surface area contributed by atoms with Crippen molar-refractivity contribution in [3.8, 4) is 0 Å². The van der Waals surface area contributed by atoms with E-state index >= 15 is 0 Å². The Morgan fingerprint density at radius 2 is 2.04 bits per heavy atom. The molecule has 7 heteroatoms. The Hall–Kier alpha value is -1.86. The fourth-order valence-corrected chi connectivity index (χ4v) is 3.40. The van der Waals surface area contributed by atoms with E-state index in [1.165, 1.54) is 23.1 Å². The minimum atomic E-state index is -0.286. The highest BCUT2D eigenvalue weighted by Gasteiger charge is 2.10. The summed E-state index contributed by atoms with van der Waals surface area (Å²) in [4.78, 5) is 27.6. The van der Waals surface area contributed by atoms with Crippen LogP contribution in [0.2, 0.25) is 0 Å². The van der Waals surface area contributed by atoms with E-state index in [1.807, 2.05) is 36.6 Å². The molecule has 122 valence electrons. The molecule has 2 rings (SSSR count). The van der Waals surface area contributed by atoms with E-state index in [2.05, 4.69) is 10.3 Å². The Labute approximate surface area is 143 Å². The van der Waals surface area contributed by atoms with Gasteiger partial charge in [0.05, 0.1) is 24.5 Å². The molecule has 0 bridgehead atoms. The molecule has 1 aromatic carbocycles. The molecule has 1 heterocycles. The number of ether oxygens (including phenoxy) is 1. The third-order valence-corrected chi connectivity index (χ3v) is 4.89. The molecule has 0 radical (unpaired) electrons. The Bertz CT molecular complexity index is 668. The maximum absolute atomic E-state index is 11.9. The minimum Gasteiger partial charge on any atom is -0.466 e. The van der Waals surface area contributed by atoms with Crippen LogP contribution in [-0.2, 0) is 20.7 Å². The summed E-state index contributed by atoms with van der Waals surface area (Å²) in [5.41, 5.74) is 2.60. The Morgan fingerprint density at radius 1 is 1.30 bits per heavy atom. The van der Waals surface area contributed by atoms with Crippen molar-refractivity contribution in [1.82, 2.24) is 4.98 Å². The van der Waals surface area contributed by atoms with Gasteiger partial charge in [-0.05, 0) is 26.0 Å².